The second kappa shape index (κ2) is 5.60. The number of ketones is 2. The van der Waals surface area contributed by atoms with Crippen molar-refractivity contribution in [1.29, 1.82) is 0 Å². The normalized spacial score (nSPS) is 10.3. The van der Waals surface area contributed by atoms with E-state index >= 15 is 0 Å². The molecule has 2 aromatic rings. The van der Waals surface area contributed by atoms with E-state index in [1.165, 1.54) is 0 Å². The first-order chi connectivity index (χ1) is 10.3. The van der Waals surface area contributed by atoms with Gasteiger partial charge in [0, 0.05) is 0 Å². The minimum Gasteiger partial charge on any atom is -0.506 e. The maximum absolute atomic E-state index is 12.1. The van der Waals surface area contributed by atoms with Gasteiger partial charge >= 0.3 is 0 Å². The summed E-state index contributed by atoms with van der Waals surface area (Å²) in [4.78, 5) is 35.2. The van der Waals surface area contributed by atoms with Gasteiger partial charge in [-0.25, -0.2) is 5.10 Å². The molecule has 1 heterocycles. The molecule has 0 aliphatic rings. The molecule has 0 bridgehead atoms. The number of rotatable bonds is 4. The van der Waals surface area contributed by atoms with Crippen molar-refractivity contribution in [2.24, 2.45) is 0 Å². The second-order valence-electron chi connectivity index (χ2n) is 4.36. The maximum Gasteiger partial charge on any atom is 0.261 e. The van der Waals surface area contributed by atoms with Crippen LogP contribution in [0.4, 0.5) is 5.95 Å². The molecule has 1 aromatic heterocycles. The minimum absolute atomic E-state index is 0.0915. The van der Waals surface area contributed by atoms with Gasteiger partial charge in [-0.05, 0) is 30.3 Å². The van der Waals surface area contributed by atoms with E-state index in [0.29, 0.717) is 0 Å². The number of H-pyrrole nitrogens is 1. The van der Waals surface area contributed by atoms with Gasteiger partial charge in [0.05, 0.1) is 11.1 Å². The van der Waals surface area contributed by atoms with Crippen LogP contribution in [0.5, 0.6) is 11.5 Å². The predicted octanol–water partition coefficient (Wildman–Crippen LogP) is 0.268. The number of tetrazole rings is 1. The van der Waals surface area contributed by atoms with Gasteiger partial charge in [0.1, 0.15) is 17.1 Å². The zero-order chi connectivity index (χ0) is 16.4. The Balaban J connectivity index is 2.57. The van der Waals surface area contributed by atoms with Crippen molar-refractivity contribution in [2.75, 3.05) is 5.32 Å². The lowest BCUT2D eigenvalue weighted by molar-refractivity contribution is 0.101. The van der Waals surface area contributed by atoms with Crippen LogP contribution in [-0.2, 0) is 0 Å². The maximum atomic E-state index is 12.1. The summed E-state index contributed by atoms with van der Waals surface area (Å²) in [6.45, 7) is 2.23. The summed E-state index contributed by atoms with van der Waals surface area (Å²) < 4.78 is 0. The molecular formula is C12H11N5O5. The molecule has 0 radical (unpaired) electrons. The van der Waals surface area contributed by atoms with E-state index in [-0.39, 0.29) is 17.1 Å². The molecule has 2 rings (SSSR count). The van der Waals surface area contributed by atoms with Crippen molar-refractivity contribution in [1.82, 2.24) is 20.6 Å². The summed E-state index contributed by atoms with van der Waals surface area (Å²) in [7, 11) is 0. The Hall–Kier alpha value is -3.30. The number of carbonyl (C=O) groups is 3. The molecule has 10 nitrogen and oxygen atoms in total. The lowest BCUT2D eigenvalue weighted by Crippen LogP contribution is -2.15. The molecule has 0 aliphatic heterocycles. The molecule has 0 atom stereocenters. The van der Waals surface area contributed by atoms with Gasteiger partial charge in [0.15, 0.2) is 11.6 Å². The van der Waals surface area contributed by atoms with Gasteiger partial charge < -0.3 is 10.2 Å². The molecule has 1 amide bonds. The summed E-state index contributed by atoms with van der Waals surface area (Å²) in [6, 6.07) is 0.985. The fourth-order valence-electron chi connectivity index (χ4n) is 1.82. The monoisotopic (exact) mass is 305 g/mol. The number of Topliss-reactive ketones (excluding diaryl/α,β-unsaturated/α-hetero) is 2. The SMILES string of the molecule is CC(=O)c1cc(C(=O)Nc2nnn[nH]2)c(O)c(C(C)=O)c1O. The first kappa shape index (κ1) is 15.1. The lowest BCUT2D eigenvalue weighted by atomic mass is 9.97. The summed E-state index contributed by atoms with van der Waals surface area (Å²) in [5.41, 5.74) is -1.14. The van der Waals surface area contributed by atoms with Crippen LogP contribution >= 0.6 is 0 Å². The van der Waals surface area contributed by atoms with E-state index in [1.54, 1.807) is 0 Å². The number of anilines is 1. The van der Waals surface area contributed by atoms with Gasteiger partial charge in [-0.1, -0.05) is 5.10 Å². The second-order valence-corrected chi connectivity index (χ2v) is 4.36. The molecule has 0 fully saturated rings. The average Bonchev–Trinajstić information content (AvgIpc) is 2.90. The first-order valence-corrected chi connectivity index (χ1v) is 5.98. The van der Waals surface area contributed by atoms with Crippen molar-refractivity contribution in [3.8, 4) is 11.5 Å². The zero-order valence-corrected chi connectivity index (χ0v) is 11.5. The van der Waals surface area contributed by atoms with Crippen LogP contribution < -0.4 is 5.32 Å². The van der Waals surface area contributed by atoms with Crippen molar-refractivity contribution in [3.05, 3.63) is 22.8 Å². The van der Waals surface area contributed by atoms with Gasteiger partial charge in [-0.3, -0.25) is 19.7 Å². The van der Waals surface area contributed by atoms with Gasteiger partial charge in [-0.15, -0.1) is 0 Å². The number of aromatic amines is 1. The largest absolute Gasteiger partial charge is 0.506 e. The number of phenols is 2. The first-order valence-electron chi connectivity index (χ1n) is 5.98. The van der Waals surface area contributed by atoms with Crippen LogP contribution in [0, 0.1) is 0 Å². The van der Waals surface area contributed by atoms with Crippen molar-refractivity contribution < 1.29 is 24.6 Å². The van der Waals surface area contributed by atoms with Crippen LogP contribution in [0.1, 0.15) is 44.9 Å². The Kier molecular flexibility index (Phi) is 3.84. The fraction of sp³-hybridized carbons (Fsp3) is 0.167. The Morgan fingerprint density at radius 3 is 2.23 bits per heavy atom. The van der Waals surface area contributed by atoms with Crippen LogP contribution in [0.2, 0.25) is 0 Å². The molecule has 0 saturated heterocycles. The van der Waals surface area contributed by atoms with Crippen LogP contribution in [0.3, 0.4) is 0 Å². The van der Waals surface area contributed by atoms with E-state index < -0.39 is 34.5 Å². The quantitative estimate of drug-likeness (QED) is 0.586. The Labute approximate surface area is 123 Å². The van der Waals surface area contributed by atoms with Crippen LogP contribution in [0.15, 0.2) is 6.07 Å². The molecule has 0 spiro atoms. The van der Waals surface area contributed by atoms with Crippen molar-refractivity contribution >= 4 is 23.4 Å². The van der Waals surface area contributed by atoms with E-state index in [0.717, 1.165) is 19.9 Å². The number of hydrogen-bond donors (Lipinski definition) is 4. The highest BCUT2D eigenvalue weighted by molar-refractivity contribution is 6.13. The third-order valence-corrected chi connectivity index (χ3v) is 2.83. The fourth-order valence-corrected chi connectivity index (χ4v) is 1.82. The molecule has 114 valence electrons. The molecule has 1 aromatic carbocycles. The van der Waals surface area contributed by atoms with E-state index in [9.17, 15) is 24.6 Å². The number of aromatic hydroxyl groups is 2. The Bertz CT molecular complexity index is 769. The minimum atomic E-state index is -0.860. The van der Waals surface area contributed by atoms with Gasteiger partial charge in [0.2, 0.25) is 5.95 Å². The average molecular weight is 305 g/mol. The summed E-state index contributed by atoms with van der Waals surface area (Å²) >= 11 is 0. The van der Waals surface area contributed by atoms with Crippen molar-refractivity contribution in [2.45, 2.75) is 13.8 Å². The summed E-state index contributed by atoms with van der Waals surface area (Å²) in [5, 5.41) is 34.4. The van der Waals surface area contributed by atoms with Crippen LogP contribution in [-0.4, -0.2) is 48.3 Å². The topological polar surface area (TPSA) is 158 Å². The van der Waals surface area contributed by atoms with E-state index in [4.69, 9.17) is 0 Å². The number of amides is 1. The highest BCUT2D eigenvalue weighted by Gasteiger charge is 2.25. The molecular weight excluding hydrogens is 294 g/mol. The number of aromatic nitrogens is 4. The molecule has 0 saturated carbocycles. The zero-order valence-electron chi connectivity index (χ0n) is 11.5. The highest BCUT2D eigenvalue weighted by atomic mass is 16.3. The summed E-state index contributed by atoms with van der Waals surface area (Å²) in [6.07, 6.45) is 0. The third kappa shape index (κ3) is 2.61. The Morgan fingerprint density at radius 2 is 1.73 bits per heavy atom. The number of nitrogens with zero attached hydrogens (tertiary/aromatic N) is 3. The van der Waals surface area contributed by atoms with E-state index in [1.807, 2.05) is 0 Å². The lowest BCUT2D eigenvalue weighted by Gasteiger charge is -2.12. The Morgan fingerprint density at radius 1 is 1.09 bits per heavy atom. The summed E-state index contributed by atoms with van der Waals surface area (Å²) in [5.74, 6) is -3.63. The third-order valence-electron chi connectivity index (χ3n) is 2.83. The van der Waals surface area contributed by atoms with Gasteiger partial charge in [-0.2, -0.15) is 0 Å². The van der Waals surface area contributed by atoms with E-state index in [2.05, 4.69) is 25.9 Å². The standard InChI is InChI=1S/C12H11N5O5/c1-4(18)6-3-7(10(21)8(5(2)19)9(6)20)11(22)13-12-14-16-17-15-12/h3,20-21H,1-2H3,(H2,13,14,15,16,17,22). The number of hydrogen-bond acceptors (Lipinski definition) is 8. The van der Waals surface area contributed by atoms with Crippen LogP contribution in [0.25, 0.3) is 0 Å². The predicted molar refractivity (Wildman–Crippen MR) is 71.9 cm³/mol. The molecule has 22 heavy (non-hydrogen) atoms. The number of nitrogens with one attached hydrogen (secondary N) is 2. The number of phenolic OH excluding ortho intramolecular Hbond substituents is 2. The molecule has 0 aliphatic carbocycles. The van der Waals surface area contributed by atoms with Crippen molar-refractivity contribution in [3.63, 3.8) is 0 Å². The number of benzene rings is 1. The number of carbonyl (C=O) groups excluding carboxylic acids is 3. The van der Waals surface area contributed by atoms with Gasteiger partial charge in [0.25, 0.3) is 5.91 Å². The molecule has 10 heteroatoms. The molecule has 4 N–H and O–H groups in total. The molecule has 0 unspecified atom stereocenters. The smallest absolute Gasteiger partial charge is 0.261 e. The highest BCUT2D eigenvalue weighted by Crippen LogP contribution is 2.35.